The molecule has 0 aliphatic heterocycles. The Morgan fingerprint density at radius 2 is 2.11 bits per heavy atom. The van der Waals surface area contributed by atoms with E-state index in [-0.39, 0.29) is 0 Å². The maximum atomic E-state index is 11.0. The molecule has 19 heavy (non-hydrogen) atoms. The second-order valence-corrected chi connectivity index (χ2v) is 4.88. The maximum absolute atomic E-state index is 11.0. The largest absolute Gasteiger partial charge is 0.296 e. The molecule has 0 bridgehead atoms. The van der Waals surface area contributed by atoms with E-state index < -0.39 is 0 Å². The van der Waals surface area contributed by atoms with E-state index in [2.05, 4.69) is 29.9 Å². The van der Waals surface area contributed by atoms with Crippen molar-refractivity contribution >= 4 is 6.29 Å². The highest BCUT2D eigenvalue weighted by atomic mass is 16.1. The van der Waals surface area contributed by atoms with Crippen molar-refractivity contribution < 1.29 is 4.79 Å². The smallest absolute Gasteiger partial charge is 0.168 e. The van der Waals surface area contributed by atoms with Crippen molar-refractivity contribution in [1.82, 2.24) is 9.78 Å². The number of carbonyl (C=O) groups excluding carboxylic acids is 1. The molecule has 0 radical (unpaired) electrons. The highest BCUT2D eigenvalue weighted by Gasteiger charge is 2.13. The number of hydrogen-bond donors (Lipinski definition) is 0. The van der Waals surface area contributed by atoms with Gasteiger partial charge >= 0.3 is 0 Å². The molecule has 0 saturated heterocycles. The zero-order valence-corrected chi connectivity index (χ0v) is 10.8. The van der Waals surface area contributed by atoms with Crippen LogP contribution in [-0.4, -0.2) is 16.1 Å². The SMILES string of the molecule is C=CCn1nc(-c2ccc3c(c2)CCC3)cc1C=O. The van der Waals surface area contributed by atoms with Gasteiger partial charge in [0.2, 0.25) is 0 Å². The molecular weight excluding hydrogens is 236 g/mol. The fraction of sp³-hybridized carbons (Fsp3) is 0.250. The van der Waals surface area contributed by atoms with Gasteiger partial charge in [0.1, 0.15) is 5.69 Å². The maximum Gasteiger partial charge on any atom is 0.168 e. The summed E-state index contributed by atoms with van der Waals surface area (Å²) in [5.74, 6) is 0. The summed E-state index contributed by atoms with van der Waals surface area (Å²) in [7, 11) is 0. The van der Waals surface area contributed by atoms with Gasteiger partial charge in [0.05, 0.1) is 12.2 Å². The first-order valence-corrected chi connectivity index (χ1v) is 6.58. The second-order valence-electron chi connectivity index (χ2n) is 4.88. The number of benzene rings is 1. The van der Waals surface area contributed by atoms with Crippen LogP contribution in [0.1, 0.15) is 28.0 Å². The Kier molecular flexibility index (Phi) is 3.03. The average molecular weight is 252 g/mol. The molecule has 3 nitrogen and oxygen atoms in total. The van der Waals surface area contributed by atoms with Crippen LogP contribution >= 0.6 is 0 Å². The van der Waals surface area contributed by atoms with Crippen LogP contribution in [0.15, 0.2) is 36.9 Å². The van der Waals surface area contributed by atoms with Gasteiger partial charge in [-0.1, -0.05) is 18.2 Å². The molecule has 3 rings (SSSR count). The van der Waals surface area contributed by atoms with Gasteiger partial charge < -0.3 is 0 Å². The van der Waals surface area contributed by atoms with Crippen molar-refractivity contribution in [2.45, 2.75) is 25.8 Å². The molecule has 3 heteroatoms. The number of aromatic nitrogens is 2. The number of aldehydes is 1. The van der Waals surface area contributed by atoms with Crippen LogP contribution in [0.5, 0.6) is 0 Å². The summed E-state index contributed by atoms with van der Waals surface area (Å²) in [6, 6.07) is 8.33. The minimum Gasteiger partial charge on any atom is -0.296 e. The third-order valence-corrected chi connectivity index (χ3v) is 3.63. The normalized spacial score (nSPS) is 13.3. The molecule has 1 aromatic carbocycles. The number of fused-ring (bicyclic) bond motifs is 1. The predicted molar refractivity (Wildman–Crippen MR) is 75.3 cm³/mol. The van der Waals surface area contributed by atoms with Gasteiger partial charge in [0.15, 0.2) is 6.29 Å². The lowest BCUT2D eigenvalue weighted by Crippen LogP contribution is -2.01. The van der Waals surface area contributed by atoms with E-state index in [1.165, 1.54) is 24.0 Å². The van der Waals surface area contributed by atoms with Gasteiger partial charge in [0, 0.05) is 5.56 Å². The number of hydrogen-bond acceptors (Lipinski definition) is 2. The zero-order chi connectivity index (χ0) is 13.2. The van der Waals surface area contributed by atoms with Crippen LogP contribution in [-0.2, 0) is 19.4 Å². The van der Waals surface area contributed by atoms with Gasteiger partial charge in [0.25, 0.3) is 0 Å². The Morgan fingerprint density at radius 3 is 2.89 bits per heavy atom. The van der Waals surface area contributed by atoms with Crippen LogP contribution in [0.25, 0.3) is 11.3 Å². The van der Waals surface area contributed by atoms with E-state index >= 15 is 0 Å². The lowest BCUT2D eigenvalue weighted by Gasteiger charge is -2.02. The second kappa shape index (κ2) is 4.84. The first kappa shape index (κ1) is 11.9. The summed E-state index contributed by atoms with van der Waals surface area (Å²) in [4.78, 5) is 11.0. The highest BCUT2D eigenvalue weighted by molar-refractivity contribution is 5.76. The topological polar surface area (TPSA) is 34.9 Å². The van der Waals surface area contributed by atoms with E-state index in [0.29, 0.717) is 12.2 Å². The van der Waals surface area contributed by atoms with E-state index in [4.69, 9.17) is 0 Å². The standard InChI is InChI=1S/C16H16N2O/c1-2-8-18-15(11-19)10-16(17-18)14-7-6-12-4-3-5-13(12)9-14/h2,6-7,9-11H,1,3-5,8H2. The minimum atomic E-state index is 0.555. The van der Waals surface area contributed by atoms with E-state index in [0.717, 1.165) is 24.0 Å². The summed E-state index contributed by atoms with van der Waals surface area (Å²) < 4.78 is 1.68. The Bertz CT molecular complexity index is 640. The Balaban J connectivity index is 2.02. The van der Waals surface area contributed by atoms with Crippen molar-refractivity contribution in [1.29, 1.82) is 0 Å². The lowest BCUT2D eigenvalue weighted by atomic mass is 10.0. The van der Waals surface area contributed by atoms with Crippen molar-refractivity contribution in [3.63, 3.8) is 0 Å². The van der Waals surface area contributed by atoms with Crippen LogP contribution in [0.2, 0.25) is 0 Å². The van der Waals surface area contributed by atoms with Crippen molar-refractivity contribution in [2.75, 3.05) is 0 Å². The molecule has 1 heterocycles. The molecule has 1 aromatic heterocycles. The Morgan fingerprint density at radius 1 is 1.26 bits per heavy atom. The molecule has 0 N–H and O–H groups in total. The molecule has 0 spiro atoms. The zero-order valence-electron chi connectivity index (χ0n) is 10.8. The van der Waals surface area contributed by atoms with E-state index in [1.807, 2.05) is 6.07 Å². The van der Waals surface area contributed by atoms with Crippen LogP contribution in [0.4, 0.5) is 0 Å². The number of carbonyl (C=O) groups is 1. The average Bonchev–Trinajstić information content (AvgIpc) is 3.04. The number of aryl methyl sites for hydroxylation is 2. The fourth-order valence-corrected chi connectivity index (χ4v) is 2.67. The lowest BCUT2D eigenvalue weighted by molar-refractivity contribution is 0.111. The van der Waals surface area contributed by atoms with Crippen molar-refractivity contribution in [3.05, 3.63) is 53.7 Å². The molecule has 96 valence electrons. The number of rotatable bonds is 4. The third kappa shape index (κ3) is 2.12. The Labute approximate surface area is 112 Å². The van der Waals surface area contributed by atoms with Gasteiger partial charge in [-0.25, -0.2) is 0 Å². The van der Waals surface area contributed by atoms with Crippen molar-refractivity contribution in [2.24, 2.45) is 0 Å². The molecule has 1 aliphatic carbocycles. The Hall–Kier alpha value is -2.16. The molecular formula is C16H16N2O. The van der Waals surface area contributed by atoms with Crippen molar-refractivity contribution in [3.8, 4) is 11.3 Å². The van der Waals surface area contributed by atoms with Crippen LogP contribution < -0.4 is 0 Å². The van der Waals surface area contributed by atoms with Crippen LogP contribution in [0, 0.1) is 0 Å². The molecule has 0 saturated carbocycles. The summed E-state index contributed by atoms with van der Waals surface area (Å²) in [5, 5.41) is 4.48. The molecule has 1 aliphatic rings. The summed E-state index contributed by atoms with van der Waals surface area (Å²) in [6.07, 6.45) is 6.15. The predicted octanol–water partition coefficient (Wildman–Crippen LogP) is 3.04. The summed E-state index contributed by atoms with van der Waals surface area (Å²) >= 11 is 0. The van der Waals surface area contributed by atoms with E-state index in [9.17, 15) is 4.79 Å². The number of nitrogens with zero attached hydrogens (tertiary/aromatic N) is 2. The highest BCUT2D eigenvalue weighted by Crippen LogP contribution is 2.27. The molecule has 0 unspecified atom stereocenters. The summed E-state index contributed by atoms with van der Waals surface area (Å²) in [6.45, 7) is 4.24. The molecule has 0 amide bonds. The molecule has 2 aromatic rings. The van der Waals surface area contributed by atoms with Gasteiger partial charge in [-0.15, -0.1) is 6.58 Å². The monoisotopic (exact) mass is 252 g/mol. The van der Waals surface area contributed by atoms with Gasteiger partial charge in [-0.05, 0) is 42.5 Å². The minimum absolute atomic E-state index is 0.555. The molecule has 0 fully saturated rings. The van der Waals surface area contributed by atoms with E-state index in [1.54, 1.807) is 10.8 Å². The van der Waals surface area contributed by atoms with Gasteiger partial charge in [-0.3, -0.25) is 9.48 Å². The third-order valence-electron chi connectivity index (χ3n) is 3.63. The fourth-order valence-electron chi connectivity index (χ4n) is 2.67. The van der Waals surface area contributed by atoms with Crippen LogP contribution in [0.3, 0.4) is 0 Å². The number of allylic oxidation sites excluding steroid dienone is 1. The first-order chi connectivity index (χ1) is 9.31. The first-order valence-electron chi connectivity index (χ1n) is 6.58. The molecule has 0 atom stereocenters. The van der Waals surface area contributed by atoms with Gasteiger partial charge in [-0.2, -0.15) is 5.10 Å². The quantitative estimate of drug-likeness (QED) is 0.619. The summed E-state index contributed by atoms with van der Waals surface area (Å²) in [5.41, 5.74) is 5.41.